The molecule has 2 aromatic carbocycles. The van der Waals surface area contributed by atoms with Crippen molar-refractivity contribution in [2.24, 2.45) is 0 Å². The lowest BCUT2D eigenvalue weighted by Crippen LogP contribution is -2.06. The molecule has 5 heteroatoms. The molecular weight excluding hydrogens is 270 g/mol. The van der Waals surface area contributed by atoms with Crippen molar-refractivity contribution in [3.05, 3.63) is 64.2 Å². The lowest BCUT2D eigenvalue weighted by Gasteiger charge is -2.08. The van der Waals surface area contributed by atoms with Gasteiger partial charge in [0.1, 0.15) is 5.75 Å². The summed E-state index contributed by atoms with van der Waals surface area (Å²) in [4.78, 5) is 10.5. The number of para-hydroxylation sites is 1. The van der Waals surface area contributed by atoms with Crippen LogP contribution in [0.15, 0.2) is 48.5 Å². The predicted octanol–water partition coefficient (Wildman–Crippen LogP) is 3.75. The SMILES string of the molecule is Cc1ccc(OCCCOc2ccccc2)c([N+](=O)[O-])c1. The van der Waals surface area contributed by atoms with Crippen molar-refractivity contribution in [2.45, 2.75) is 13.3 Å². The van der Waals surface area contributed by atoms with E-state index in [4.69, 9.17) is 9.47 Å². The van der Waals surface area contributed by atoms with Crippen molar-refractivity contribution in [3.63, 3.8) is 0 Å². The molecule has 0 aliphatic rings. The summed E-state index contributed by atoms with van der Waals surface area (Å²) in [5.41, 5.74) is 0.834. The van der Waals surface area contributed by atoms with Gasteiger partial charge < -0.3 is 9.47 Å². The molecule has 0 aliphatic heterocycles. The second kappa shape index (κ2) is 7.28. The molecule has 0 aliphatic carbocycles. The molecule has 0 spiro atoms. The summed E-state index contributed by atoms with van der Waals surface area (Å²) in [5.74, 6) is 1.10. The molecule has 2 rings (SSSR count). The van der Waals surface area contributed by atoms with Gasteiger partial charge in [-0.25, -0.2) is 0 Å². The molecule has 0 heterocycles. The lowest BCUT2D eigenvalue weighted by atomic mass is 10.2. The quantitative estimate of drug-likeness (QED) is 0.442. The van der Waals surface area contributed by atoms with Gasteiger partial charge in [-0.15, -0.1) is 0 Å². The van der Waals surface area contributed by atoms with Crippen LogP contribution in [-0.4, -0.2) is 18.1 Å². The van der Waals surface area contributed by atoms with Crippen LogP contribution >= 0.6 is 0 Å². The van der Waals surface area contributed by atoms with Crippen LogP contribution in [0.25, 0.3) is 0 Å². The number of aryl methyl sites for hydroxylation is 1. The van der Waals surface area contributed by atoms with Gasteiger partial charge in [0.15, 0.2) is 5.75 Å². The van der Waals surface area contributed by atoms with Gasteiger partial charge in [0.25, 0.3) is 0 Å². The minimum atomic E-state index is -0.428. The Morgan fingerprint density at radius 2 is 1.76 bits per heavy atom. The maximum Gasteiger partial charge on any atom is 0.311 e. The van der Waals surface area contributed by atoms with Crippen molar-refractivity contribution >= 4 is 5.69 Å². The van der Waals surface area contributed by atoms with Crippen molar-refractivity contribution < 1.29 is 14.4 Å². The maximum absolute atomic E-state index is 10.9. The zero-order valence-corrected chi connectivity index (χ0v) is 11.8. The van der Waals surface area contributed by atoms with Crippen LogP contribution in [0.2, 0.25) is 0 Å². The van der Waals surface area contributed by atoms with Crippen LogP contribution in [0.1, 0.15) is 12.0 Å². The van der Waals surface area contributed by atoms with Crippen molar-refractivity contribution in [1.82, 2.24) is 0 Å². The Balaban J connectivity index is 1.80. The summed E-state index contributed by atoms with van der Waals surface area (Å²) < 4.78 is 11.0. The predicted molar refractivity (Wildman–Crippen MR) is 79.9 cm³/mol. The first-order chi connectivity index (χ1) is 10.2. The molecular formula is C16H17NO4. The molecule has 0 saturated heterocycles. The molecule has 5 nitrogen and oxygen atoms in total. The average Bonchev–Trinajstić information content (AvgIpc) is 2.49. The molecule has 0 bridgehead atoms. The molecule has 0 saturated carbocycles. The van der Waals surface area contributed by atoms with Gasteiger partial charge in [0.2, 0.25) is 0 Å². The Labute approximate surface area is 123 Å². The van der Waals surface area contributed by atoms with Crippen LogP contribution in [0.3, 0.4) is 0 Å². The van der Waals surface area contributed by atoms with Gasteiger partial charge in [-0.3, -0.25) is 10.1 Å². The zero-order chi connectivity index (χ0) is 15.1. The van der Waals surface area contributed by atoms with Crippen LogP contribution in [-0.2, 0) is 0 Å². The highest BCUT2D eigenvalue weighted by Crippen LogP contribution is 2.27. The first-order valence-electron chi connectivity index (χ1n) is 6.72. The Bertz CT molecular complexity index is 598. The molecule has 0 N–H and O–H groups in total. The number of ether oxygens (including phenoxy) is 2. The number of nitrogens with zero attached hydrogens (tertiary/aromatic N) is 1. The molecule has 0 unspecified atom stereocenters. The van der Waals surface area contributed by atoms with Gasteiger partial charge in [0, 0.05) is 12.5 Å². The number of hydrogen-bond acceptors (Lipinski definition) is 4. The Morgan fingerprint density at radius 1 is 1.05 bits per heavy atom. The molecule has 0 aromatic heterocycles. The van der Waals surface area contributed by atoms with E-state index in [0.29, 0.717) is 25.4 Å². The summed E-state index contributed by atoms with van der Waals surface area (Å²) >= 11 is 0. The van der Waals surface area contributed by atoms with E-state index in [-0.39, 0.29) is 5.69 Å². The van der Waals surface area contributed by atoms with E-state index in [0.717, 1.165) is 11.3 Å². The van der Waals surface area contributed by atoms with Crippen LogP contribution in [0.5, 0.6) is 11.5 Å². The highest BCUT2D eigenvalue weighted by molar-refractivity contribution is 5.48. The minimum Gasteiger partial charge on any atom is -0.493 e. The second-order valence-electron chi connectivity index (χ2n) is 4.59. The van der Waals surface area contributed by atoms with Gasteiger partial charge in [-0.1, -0.05) is 24.3 Å². The van der Waals surface area contributed by atoms with Crippen molar-refractivity contribution in [2.75, 3.05) is 13.2 Å². The number of benzene rings is 2. The molecule has 21 heavy (non-hydrogen) atoms. The van der Waals surface area contributed by atoms with Crippen molar-refractivity contribution in [1.29, 1.82) is 0 Å². The first kappa shape index (κ1) is 14.8. The van der Waals surface area contributed by atoms with E-state index < -0.39 is 4.92 Å². The zero-order valence-electron chi connectivity index (χ0n) is 11.8. The Kier molecular flexibility index (Phi) is 5.15. The van der Waals surface area contributed by atoms with E-state index in [2.05, 4.69) is 0 Å². The van der Waals surface area contributed by atoms with E-state index >= 15 is 0 Å². The number of rotatable bonds is 7. The number of nitro benzene ring substituents is 1. The highest BCUT2D eigenvalue weighted by atomic mass is 16.6. The fourth-order valence-electron chi connectivity index (χ4n) is 1.84. The van der Waals surface area contributed by atoms with Crippen molar-refractivity contribution in [3.8, 4) is 11.5 Å². The molecule has 0 atom stereocenters. The van der Waals surface area contributed by atoms with E-state index in [1.165, 1.54) is 6.07 Å². The van der Waals surface area contributed by atoms with E-state index in [1.54, 1.807) is 12.1 Å². The highest BCUT2D eigenvalue weighted by Gasteiger charge is 2.14. The van der Waals surface area contributed by atoms with Crippen LogP contribution in [0, 0.1) is 17.0 Å². The fourth-order valence-corrected chi connectivity index (χ4v) is 1.84. The summed E-state index contributed by atoms with van der Waals surface area (Å²) in [6.07, 6.45) is 0.653. The normalized spacial score (nSPS) is 10.1. The smallest absolute Gasteiger partial charge is 0.311 e. The molecule has 0 fully saturated rings. The van der Waals surface area contributed by atoms with Crippen LogP contribution < -0.4 is 9.47 Å². The summed E-state index contributed by atoms with van der Waals surface area (Å²) in [7, 11) is 0. The third kappa shape index (κ3) is 4.49. The van der Waals surface area contributed by atoms with E-state index in [1.807, 2.05) is 37.3 Å². The minimum absolute atomic E-state index is 0.000947. The molecule has 0 amide bonds. The second-order valence-corrected chi connectivity index (χ2v) is 4.59. The standard InChI is InChI=1S/C16H17NO4/c1-13-8-9-16(15(12-13)17(18)19)21-11-5-10-20-14-6-3-2-4-7-14/h2-4,6-9,12H,5,10-11H2,1H3. The number of nitro groups is 1. The molecule has 110 valence electrons. The summed E-state index contributed by atoms with van der Waals surface area (Å²) in [5, 5.41) is 10.9. The Morgan fingerprint density at radius 3 is 2.48 bits per heavy atom. The van der Waals surface area contributed by atoms with Gasteiger partial charge in [-0.2, -0.15) is 0 Å². The summed E-state index contributed by atoms with van der Waals surface area (Å²) in [6.45, 7) is 2.69. The maximum atomic E-state index is 10.9. The molecule has 0 radical (unpaired) electrons. The number of hydrogen-bond donors (Lipinski definition) is 0. The lowest BCUT2D eigenvalue weighted by molar-refractivity contribution is -0.385. The third-order valence-electron chi connectivity index (χ3n) is 2.87. The van der Waals surface area contributed by atoms with Gasteiger partial charge in [0.05, 0.1) is 18.1 Å². The summed E-state index contributed by atoms with van der Waals surface area (Å²) in [6, 6.07) is 14.4. The third-order valence-corrected chi connectivity index (χ3v) is 2.87. The van der Waals surface area contributed by atoms with Crippen LogP contribution in [0.4, 0.5) is 5.69 Å². The topological polar surface area (TPSA) is 61.6 Å². The van der Waals surface area contributed by atoms with E-state index in [9.17, 15) is 10.1 Å². The first-order valence-corrected chi connectivity index (χ1v) is 6.72. The largest absolute Gasteiger partial charge is 0.493 e. The van der Waals surface area contributed by atoms with Gasteiger partial charge in [-0.05, 0) is 30.7 Å². The average molecular weight is 287 g/mol. The Hall–Kier alpha value is -2.56. The molecule has 2 aromatic rings. The fraction of sp³-hybridized carbons (Fsp3) is 0.250. The van der Waals surface area contributed by atoms with Gasteiger partial charge >= 0.3 is 5.69 Å². The monoisotopic (exact) mass is 287 g/mol.